The SMILES string of the molecule is CCc1ccc([C@H](N)CC)cc1. The Kier molecular flexibility index (Phi) is 3.30. The van der Waals surface area contributed by atoms with Gasteiger partial charge in [0.2, 0.25) is 0 Å². The number of aryl methyl sites for hydroxylation is 1. The molecule has 2 N–H and O–H groups in total. The van der Waals surface area contributed by atoms with Gasteiger partial charge in [0, 0.05) is 6.04 Å². The van der Waals surface area contributed by atoms with Gasteiger partial charge >= 0.3 is 0 Å². The third-order valence-corrected chi connectivity index (χ3v) is 2.26. The summed E-state index contributed by atoms with van der Waals surface area (Å²) in [6.07, 6.45) is 2.10. The van der Waals surface area contributed by atoms with E-state index < -0.39 is 0 Å². The van der Waals surface area contributed by atoms with E-state index in [1.54, 1.807) is 0 Å². The van der Waals surface area contributed by atoms with Crippen LogP contribution in [0.5, 0.6) is 0 Å². The first kappa shape index (κ1) is 9.27. The minimum atomic E-state index is 0.205. The highest BCUT2D eigenvalue weighted by Gasteiger charge is 2.01. The van der Waals surface area contributed by atoms with E-state index in [1.165, 1.54) is 11.1 Å². The van der Waals surface area contributed by atoms with Gasteiger partial charge in [-0.05, 0) is 24.0 Å². The largest absolute Gasteiger partial charge is 0.324 e. The molecule has 0 aliphatic heterocycles. The van der Waals surface area contributed by atoms with Crippen LogP contribution >= 0.6 is 0 Å². The second-order valence-electron chi connectivity index (χ2n) is 3.11. The number of hydrogen-bond acceptors (Lipinski definition) is 1. The lowest BCUT2D eigenvalue weighted by Gasteiger charge is -2.08. The summed E-state index contributed by atoms with van der Waals surface area (Å²) in [5.41, 5.74) is 8.51. The van der Waals surface area contributed by atoms with E-state index in [9.17, 15) is 0 Å². The van der Waals surface area contributed by atoms with Gasteiger partial charge in [0.25, 0.3) is 0 Å². The Morgan fingerprint density at radius 2 is 1.75 bits per heavy atom. The van der Waals surface area contributed by atoms with Crippen LogP contribution in [0.25, 0.3) is 0 Å². The maximum atomic E-state index is 5.89. The summed E-state index contributed by atoms with van der Waals surface area (Å²) >= 11 is 0. The molecule has 0 spiro atoms. The molecule has 0 heterocycles. The molecule has 0 radical (unpaired) electrons. The fourth-order valence-electron chi connectivity index (χ4n) is 1.24. The molecule has 0 bridgehead atoms. The van der Waals surface area contributed by atoms with Gasteiger partial charge < -0.3 is 5.73 Å². The Balaban J connectivity index is 2.77. The summed E-state index contributed by atoms with van der Waals surface area (Å²) in [6.45, 7) is 4.27. The van der Waals surface area contributed by atoms with Gasteiger partial charge in [-0.25, -0.2) is 0 Å². The topological polar surface area (TPSA) is 26.0 Å². The monoisotopic (exact) mass is 163 g/mol. The first-order valence-corrected chi connectivity index (χ1v) is 4.62. The molecule has 0 aliphatic carbocycles. The Bertz CT molecular complexity index is 225. The van der Waals surface area contributed by atoms with Crippen molar-refractivity contribution in [1.29, 1.82) is 0 Å². The standard InChI is InChI=1S/C11H17N/c1-3-9-5-7-10(8-6-9)11(12)4-2/h5-8,11H,3-4,12H2,1-2H3/t11-/m1/s1. The Hall–Kier alpha value is -0.820. The Morgan fingerprint density at radius 3 is 2.17 bits per heavy atom. The van der Waals surface area contributed by atoms with Crippen LogP contribution in [0.4, 0.5) is 0 Å². The lowest BCUT2D eigenvalue weighted by Crippen LogP contribution is -2.08. The molecule has 0 fully saturated rings. The molecule has 1 rings (SSSR count). The molecule has 0 saturated carbocycles. The molecule has 1 aromatic carbocycles. The van der Waals surface area contributed by atoms with E-state index in [0.717, 1.165) is 12.8 Å². The molecular weight excluding hydrogens is 146 g/mol. The van der Waals surface area contributed by atoms with Gasteiger partial charge in [-0.1, -0.05) is 38.1 Å². The first-order chi connectivity index (χ1) is 5.77. The summed E-state index contributed by atoms with van der Waals surface area (Å²) in [4.78, 5) is 0. The van der Waals surface area contributed by atoms with Crippen LogP contribution in [0.2, 0.25) is 0 Å². The van der Waals surface area contributed by atoms with Crippen molar-refractivity contribution in [2.45, 2.75) is 32.7 Å². The Labute approximate surface area is 74.6 Å². The van der Waals surface area contributed by atoms with E-state index in [-0.39, 0.29) is 6.04 Å². The zero-order chi connectivity index (χ0) is 8.97. The van der Waals surface area contributed by atoms with E-state index in [2.05, 4.69) is 38.1 Å². The number of benzene rings is 1. The minimum Gasteiger partial charge on any atom is -0.324 e. The predicted octanol–water partition coefficient (Wildman–Crippen LogP) is 2.66. The average molecular weight is 163 g/mol. The molecular formula is C11H17N. The lowest BCUT2D eigenvalue weighted by atomic mass is 10.0. The second kappa shape index (κ2) is 4.27. The second-order valence-corrected chi connectivity index (χ2v) is 3.11. The van der Waals surface area contributed by atoms with E-state index in [1.807, 2.05) is 0 Å². The third-order valence-electron chi connectivity index (χ3n) is 2.26. The number of nitrogens with two attached hydrogens (primary N) is 1. The van der Waals surface area contributed by atoms with Crippen LogP contribution in [-0.2, 0) is 6.42 Å². The third kappa shape index (κ3) is 2.08. The zero-order valence-corrected chi connectivity index (χ0v) is 7.88. The van der Waals surface area contributed by atoms with Crippen LogP contribution in [0.1, 0.15) is 37.4 Å². The molecule has 1 heteroatoms. The van der Waals surface area contributed by atoms with Crippen molar-refractivity contribution in [2.24, 2.45) is 5.73 Å². The molecule has 0 aromatic heterocycles. The van der Waals surface area contributed by atoms with Crippen molar-refractivity contribution >= 4 is 0 Å². The highest BCUT2D eigenvalue weighted by molar-refractivity contribution is 5.24. The average Bonchev–Trinajstić information content (AvgIpc) is 2.17. The van der Waals surface area contributed by atoms with E-state index in [0.29, 0.717) is 0 Å². The quantitative estimate of drug-likeness (QED) is 0.728. The molecule has 0 amide bonds. The first-order valence-electron chi connectivity index (χ1n) is 4.62. The van der Waals surface area contributed by atoms with Crippen LogP contribution in [0.3, 0.4) is 0 Å². The number of hydrogen-bond donors (Lipinski definition) is 1. The Morgan fingerprint density at radius 1 is 1.17 bits per heavy atom. The highest BCUT2D eigenvalue weighted by Crippen LogP contribution is 2.14. The predicted molar refractivity (Wildman–Crippen MR) is 53.0 cm³/mol. The molecule has 0 aliphatic rings. The maximum absolute atomic E-state index is 5.89. The number of rotatable bonds is 3. The minimum absolute atomic E-state index is 0.205. The van der Waals surface area contributed by atoms with Gasteiger partial charge in [0.1, 0.15) is 0 Å². The normalized spacial score (nSPS) is 12.9. The van der Waals surface area contributed by atoms with Crippen LogP contribution in [0.15, 0.2) is 24.3 Å². The molecule has 0 unspecified atom stereocenters. The summed E-state index contributed by atoms with van der Waals surface area (Å²) in [5.74, 6) is 0. The van der Waals surface area contributed by atoms with Crippen molar-refractivity contribution in [3.8, 4) is 0 Å². The molecule has 1 nitrogen and oxygen atoms in total. The van der Waals surface area contributed by atoms with Crippen LogP contribution in [-0.4, -0.2) is 0 Å². The highest BCUT2D eigenvalue weighted by atomic mass is 14.6. The van der Waals surface area contributed by atoms with Gasteiger partial charge in [0.05, 0.1) is 0 Å². The van der Waals surface area contributed by atoms with Gasteiger partial charge in [-0.2, -0.15) is 0 Å². The fraction of sp³-hybridized carbons (Fsp3) is 0.455. The molecule has 1 aromatic rings. The molecule has 66 valence electrons. The molecule has 1 atom stereocenters. The van der Waals surface area contributed by atoms with Crippen molar-refractivity contribution in [3.05, 3.63) is 35.4 Å². The lowest BCUT2D eigenvalue weighted by molar-refractivity contribution is 0.698. The maximum Gasteiger partial charge on any atom is 0.0292 e. The van der Waals surface area contributed by atoms with Gasteiger partial charge in [-0.3, -0.25) is 0 Å². The van der Waals surface area contributed by atoms with Crippen molar-refractivity contribution in [2.75, 3.05) is 0 Å². The van der Waals surface area contributed by atoms with E-state index >= 15 is 0 Å². The van der Waals surface area contributed by atoms with Crippen LogP contribution in [0, 0.1) is 0 Å². The summed E-state index contributed by atoms with van der Waals surface area (Å²) in [6, 6.07) is 8.78. The fourth-order valence-corrected chi connectivity index (χ4v) is 1.24. The van der Waals surface area contributed by atoms with Gasteiger partial charge in [0.15, 0.2) is 0 Å². The summed E-state index contributed by atoms with van der Waals surface area (Å²) in [7, 11) is 0. The van der Waals surface area contributed by atoms with E-state index in [4.69, 9.17) is 5.73 Å². The van der Waals surface area contributed by atoms with Crippen molar-refractivity contribution in [1.82, 2.24) is 0 Å². The summed E-state index contributed by atoms with van der Waals surface area (Å²) in [5, 5.41) is 0. The van der Waals surface area contributed by atoms with Crippen LogP contribution < -0.4 is 5.73 Å². The molecule has 12 heavy (non-hydrogen) atoms. The van der Waals surface area contributed by atoms with Crippen molar-refractivity contribution < 1.29 is 0 Å². The summed E-state index contributed by atoms with van der Waals surface area (Å²) < 4.78 is 0. The molecule has 0 saturated heterocycles. The zero-order valence-electron chi connectivity index (χ0n) is 7.88. The smallest absolute Gasteiger partial charge is 0.0292 e. The van der Waals surface area contributed by atoms with Gasteiger partial charge in [-0.15, -0.1) is 0 Å². The van der Waals surface area contributed by atoms with Crippen molar-refractivity contribution in [3.63, 3.8) is 0 Å².